The summed E-state index contributed by atoms with van der Waals surface area (Å²) in [6.45, 7) is 7.62. The van der Waals surface area contributed by atoms with E-state index in [1.54, 1.807) is 6.08 Å². The Labute approximate surface area is 68.8 Å². The molecule has 0 aliphatic heterocycles. The molecule has 0 aromatic heterocycles. The smallest absolute Gasteiger partial charge is 0.162 e. The van der Waals surface area contributed by atoms with Crippen LogP contribution in [0.4, 0.5) is 0 Å². The van der Waals surface area contributed by atoms with Gasteiger partial charge in [0.1, 0.15) is 0 Å². The minimum atomic E-state index is 0.171. The SMILES string of the molecule is C=C(C=CC)C(=O)CCCC. The Morgan fingerprint density at radius 1 is 1.55 bits per heavy atom. The Balaban J connectivity index is 3.74. The lowest BCUT2D eigenvalue weighted by Gasteiger charge is -1.96. The molecule has 0 aliphatic rings. The van der Waals surface area contributed by atoms with Gasteiger partial charge < -0.3 is 0 Å². The lowest BCUT2D eigenvalue weighted by atomic mass is 10.1. The van der Waals surface area contributed by atoms with Crippen molar-refractivity contribution in [1.29, 1.82) is 0 Å². The highest BCUT2D eigenvalue weighted by Gasteiger charge is 2.01. The summed E-state index contributed by atoms with van der Waals surface area (Å²) in [6.07, 6.45) is 6.27. The Bertz CT molecular complexity index is 166. The van der Waals surface area contributed by atoms with Crippen molar-refractivity contribution >= 4 is 5.78 Å². The van der Waals surface area contributed by atoms with E-state index in [-0.39, 0.29) is 5.78 Å². The van der Waals surface area contributed by atoms with Crippen molar-refractivity contribution in [3.63, 3.8) is 0 Å². The van der Waals surface area contributed by atoms with Crippen molar-refractivity contribution in [2.75, 3.05) is 0 Å². The fraction of sp³-hybridized carbons (Fsp3) is 0.500. The highest BCUT2D eigenvalue weighted by molar-refractivity contribution is 5.97. The predicted octanol–water partition coefficient (Wildman–Crippen LogP) is 2.88. The van der Waals surface area contributed by atoms with Gasteiger partial charge in [-0.15, -0.1) is 0 Å². The number of Topliss-reactive ketones (excluding diaryl/α,β-unsaturated/α-hetero) is 1. The van der Waals surface area contributed by atoms with Crippen LogP contribution in [-0.4, -0.2) is 5.78 Å². The van der Waals surface area contributed by atoms with Crippen LogP contribution in [0.5, 0.6) is 0 Å². The maximum Gasteiger partial charge on any atom is 0.162 e. The van der Waals surface area contributed by atoms with E-state index in [4.69, 9.17) is 0 Å². The van der Waals surface area contributed by atoms with Gasteiger partial charge in [0.25, 0.3) is 0 Å². The number of allylic oxidation sites excluding steroid dienone is 3. The molecule has 1 nitrogen and oxygen atoms in total. The second-order valence-corrected chi connectivity index (χ2v) is 2.55. The van der Waals surface area contributed by atoms with Crippen LogP contribution >= 0.6 is 0 Å². The predicted molar refractivity (Wildman–Crippen MR) is 48.5 cm³/mol. The molecule has 62 valence electrons. The van der Waals surface area contributed by atoms with Gasteiger partial charge in [0.05, 0.1) is 0 Å². The van der Waals surface area contributed by atoms with Crippen LogP contribution in [0.25, 0.3) is 0 Å². The second kappa shape index (κ2) is 5.90. The first kappa shape index (κ1) is 10.2. The van der Waals surface area contributed by atoms with Crippen molar-refractivity contribution in [3.8, 4) is 0 Å². The summed E-state index contributed by atoms with van der Waals surface area (Å²) in [5.41, 5.74) is 0.626. The number of carbonyl (C=O) groups excluding carboxylic acids is 1. The van der Waals surface area contributed by atoms with Crippen LogP contribution in [0.3, 0.4) is 0 Å². The lowest BCUT2D eigenvalue weighted by Crippen LogP contribution is -1.98. The van der Waals surface area contributed by atoms with E-state index in [9.17, 15) is 4.79 Å². The van der Waals surface area contributed by atoms with E-state index in [0.717, 1.165) is 12.8 Å². The zero-order chi connectivity index (χ0) is 8.69. The van der Waals surface area contributed by atoms with Gasteiger partial charge in [0.15, 0.2) is 5.78 Å². The number of unbranched alkanes of at least 4 members (excludes halogenated alkanes) is 1. The quantitative estimate of drug-likeness (QED) is 0.437. The molecule has 0 unspecified atom stereocenters. The van der Waals surface area contributed by atoms with Gasteiger partial charge >= 0.3 is 0 Å². The zero-order valence-corrected chi connectivity index (χ0v) is 7.39. The van der Waals surface area contributed by atoms with Crippen molar-refractivity contribution in [2.24, 2.45) is 0 Å². The number of rotatable bonds is 5. The molecule has 0 N–H and O–H groups in total. The largest absolute Gasteiger partial charge is 0.294 e. The van der Waals surface area contributed by atoms with Gasteiger partial charge in [-0.25, -0.2) is 0 Å². The van der Waals surface area contributed by atoms with Gasteiger partial charge in [-0.3, -0.25) is 4.79 Å². The molecular weight excluding hydrogens is 136 g/mol. The summed E-state index contributed by atoms with van der Waals surface area (Å²) < 4.78 is 0. The van der Waals surface area contributed by atoms with Crippen LogP contribution in [0, 0.1) is 0 Å². The van der Waals surface area contributed by atoms with E-state index in [1.807, 2.05) is 13.0 Å². The minimum Gasteiger partial charge on any atom is -0.294 e. The van der Waals surface area contributed by atoms with Gasteiger partial charge in [-0.1, -0.05) is 32.1 Å². The molecule has 0 aliphatic carbocycles. The van der Waals surface area contributed by atoms with E-state index < -0.39 is 0 Å². The third kappa shape index (κ3) is 4.54. The molecule has 0 atom stereocenters. The molecule has 0 fully saturated rings. The Morgan fingerprint density at radius 3 is 2.64 bits per heavy atom. The topological polar surface area (TPSA) is 17.1 Å². The maximum absolute atomic E-state index is 11.1. The summed E-state index contributed by atoms with van der Waals surface area (Å²) in [5.74, 6) is 0.171. The highest BCUT2D eigenvalue weighted by atomic mass is 16.1. The van der Waals surface area contributed by atoms with Crippen molar-refractivity contribution in [2.45, 2.75) is 33.1 Å². The van der Waals surface area contributed by atoms with Crippen LogP contribution in [0.2, 0.25) is 0 Å². The minimum absolute atomic E-state index is 0.171. The van der Waals surface area contributed by atoms with Gasteiger partial charge in [-0.2, -0.15) is 0 Å². The molecule has 0 bridgehead atoms. The summed E-state index contributed by atoms with van der Waals surface area (Å²) in [6, 6.07) is 0. The molecule has 0 saturated carbocycles. The highest BCUT2D eigenvalue weighted by Crippen LogP contribution is 2.03. The molecule has 0 saturated heterocycles. The average molecular weight is 152 g/mol. The molecule has 0 radical (unpaired) electrons. The third-order valence-corrected chi connectivity index (χ3v) is 1.48. The molecule has 0 amide bonds. The summed E-state index contributed by atoms with van der Waals surface area (Å²) in [7, 11) is 0. The number of hydrogen-bond donors (Lipinski definition) is 0. The fourth-order valence-electron chi connectivity index (χ4n) is 0.792. The number of hydrogen-bond acceptors (Lipinski definition) is 1. The Hall–Kier alpha value is -0.850. The molecule has 0 aromatic rings. The summed E-state index contributed by atoms with van der Waals surface area (Å²) >= 11 is 0. The van der Waals surface area contributed by atoms with Crippen LogP contribution in [0.1, 0.15) is 33.1 Å². The van der Waals surface area contributed by atoms with Gasteiger partial charge in [0, 0.05) is 12.0 Å². The lowest BCUT2D eigenvalue weighted by molar-refractivity contribution is -0.115. The first-order valence-corrected chi connectivity index (χ1v) is 4.07. The molecule has 0 spiro atoms. The third-order valence-electron chi connectivity index (χ3n) is 1.48. The van der Waals surface area contributed by atoms with E-state index in [2.05, 4.69) is 13.5 Å². The monoisotopic (exact) mass is 152 g/mol. The Kier molecular flexibility index (Phi) is 5.44. The first-order valence-electron chi connectivity index (χ1n) is 4.07. The maximum atomic E-state index is 11.1. The number of carbonyl (C=O) groups is 1. The molecule has 0 heterocycles. The van der Waals surface area contributed by atoms with Crippen LogP contribution in [-0.2, 0) is 4.79 Å². The Morgan fingerprint density at radius 2 is 2.18 bits per heavy atom. The summed E-state index contributed by atoms with van der Waals surface area (Å²) in [4.78, 5) is 11.1. The van der Waals surface area contributed by atoms with Gasteiger partial charge in [-0.05, 0) is 13.3 Å². The average Bonchev–Trinajstić information content (AvgIpc) is 2.00. The molecule has 1 heteroatoms. The second-order valence-electron chi connectivity index (χ2n) is 2.55. The van der Waals surface area contributed by atoms with Crippen LogP contribution < -0.4 is 0 Å². The summed E-state index contributed by atoms with van der Waals surface area (Å²) in [5, 5.41) is 0. The molecular formula is C10H16O. The zero-order valence-electron chi connectivity index (χ0n) is 7.39. The van der Waals surface area contributed by atoms with E-state index in [0.29, 0.717) is 12.0 Å². The van der Waals surface area contributed by atoms with Crippen molar-refractivity contribution in [1.82, 2.24) is 0 Å². The van der Waals surface area contributed by atoms with E-state index in [1.165, 1.54) is 0 Å². The van der Waals surface area contributed by atoms with Crippen LogP contribution in [0.15, 0.2) is 24.3 Å². The van der Waals surface area contributed by atoms with E-state index >= 15 is 0 Å². The standard InChI is InChI=1S/C10H16O/c1-4-6-8-10(11)9(3)7-5-2/h5,7H,3-4,6,8H2,1-2H3. The van der Waals surface area contributed by atoms with Crippen molar-refractivity contribution in [3.05, 3.63) is 24.3 Å². The normalized spacial score (nSPS) is 10.4. The van der Waals surface area contributed by atoms with Crippen molar-refractivity contribution < 1.29 is 4.79 Å². The molecule has 0 aromatic carbocycles. The fourth-order valence-corrected chi connectivity index (χ4v) is 0.792. The molecule has 0 rings (SSSR count). The number of ketones is 1. The first-order chi connectivity index (χ1) is 5.22. The van der Waals surface area contributed by atoms with Gasteiger partial charge in [0.2, 0.25) is 0 Å². The molecule has 11 heavy (non-hydrogen) atoms.